The lowest BCUT2D eigenvalue weighted by atomic mass is 9.89. The van der Waals surface area contributed by atoms with Crippen LogP contribution in [-0.2, 0) is 18.4 Å². The van der Waals surface area contributed by atoms with Gasteiger partial charge in [0, 0.05) is 49.9 Å². The molecular formula is C19H26Cl2N4O. The normalized spacial score (nSPS) is 19.4. The van der Waals surface area contributed by atoms with E-state index in [4.69, 9.17) is 11.6 Å². The second-order valence-electron chi connectivity index (χ2n) is 7.01. The molecule has 1 saturated heterocycles. The summed E-state index contributed by atoms with van der Waals surface area (Å²) in [6.07, 6.45) is 3.88. The molecule has 0 aliphatic carbocycles. The number of aromatic nitrogens is 2. The van der Waals surface area contributed by atoms with E-state index in [0.717, 1.165) is 17.7 Å². The fraction of sp³-hybridized carbons (Fsp3) is 0.474. The number of hydrogen-bond donors (Lipinski definition) is 1. The Morgan fingerprint density at radius 1 is 1.42 bits per heavy atom. The van der Waals surface area contributed by atoms with Crippen LogP contribution in [0.2, 0.25) is 5.02 Å². The molecule has 0 radical (unpaired) electrons. The van der Waals surface area contributed by atoms with Crippen molar-refractivity contribution in [2.24, 2.45) is 13.0 Å². The van der Waals surface area contributed by atoms with Crippen molar-refractivity contribution in [2.45, 2.75) is 32.4 Å². The highest BCUT2D eigenvalue weighted by atomic mass is 35.5. The Morgan fingerprint density at radius 3 is 2.81 bits per heavy atom. The van der Waals surface area contributed by atoms with Gasteiger partial charge in [0.1, 0.15) is 0 Å². The number of aryl methyl sites for hydroxylation is 1. The standard InChI is InChI=1S/C19H25ClN4O.ClH/c1-13(2)24(11-14-5-4-6-16(20)7-14)19(25)18-10-21-9-17(18)15-8-22-23(3)12-15;/h4-8,12-13,17-18,21H,9-11H2,1-3H3;1H/t17-,18+;/m1./s1. The van der Waals surface area contributed by atoms with Crippen LogP contribution in [0, 0.1) is 5.92 Å². The molecule has 26 heavy (non-hydrogen) atoms. The summed E-state index contributed by atoms with van der Waals surface area (Å²) in [6.45, 7) is 6.21. The second kappa shape index (κ2) is 8.89. The van der Waals surface area contributed by atoms with Crippen molar-refractivity contribution in [3.63, 3.8) is 0 Å². The van der Waals surface area contributed by atoms with Gasteiger partial charge in [-0.25, -0.2) is 0 Å². The highest BCUT2D eigenvalue weighted by molar-refractivity contribution is 6.30. The third-order valence-corrected chi connectivity index (χ3v) is 5.07. The Kier molecular flexibility index (Phi) is 7.09. The molecule has 1 aromatic heterocycles. The molecule has 5 nitrogen and oxygen atoms in total. The lowest BCUT2D eigenvalue weighted by molar-refractivity contribution is -0.137. The molecule has 0 unspecified atom stereocenters. The van der Waals surface area contributed by atoms with Gasteiger partial charge in [-0.05, 0) is 37.1 Å². The van der Waals surface area contributed by atoms with Gasteiger partial charge in [-0.2, -0.15) is 5.10 Å². The van der Waals surface area contributed by atoms with Gasteiger partial charge in [-0.3, -0.25) is 9.48 Å². The van der Waals surface area contributed by atoms with Gasteiger partial charge in [0.15, 0.2) is 0 Å². The summed E-state index contributed by atoms with van der Waals surface area (Å²) in [7, 11) is 1.91. The quantitative estimate of drug-likeness (QED) is 0.843. The van der Waals surface area contributed by atoms with E-state index in [2.05, 4.69) is 24.3 Å². The molecule has 0 spiro atoms. The minimum atomic E-state index is -0.0641. The van der Waals surface area contributed by atoms with Crippen LogP contribution < -0.4 is 5.32 Å². The van der Waals surface area contributed by atoms with Gasteiger partial charge in [-0.15, -0.1) is 12.4 Å². The highest BCUT2D eigenvalue weighted by Gasteiger charge is 2.37. The van der Waals surface area contributed by atoms with Gasteiger partial charge in [-0.1, -0.05) is 23.7 Å². The zero-order valence-electron chi connectivity index (χ0n) is 15.4. The monoisotopic (exact) mass is 396 g/mol. The minimum absolute atomic E-state index is 0. The van der Waals surface area contributed by atoms with Crippen molar-refractivity contribution >= 4 is 29.9 Å². The summed E-state index contributed by atoms with van der Waals surface area (Å²) in [6, 6.07) is 7.85. The van der Waals surface area contributed by atoms with Crippen molar-refractivity contribution < 1.29 is 4.79 Å². The van der Waals surface area contributed by atoms with Crippen LogP contribution in [0.15, 0.2) is 36.7 Å². The van der Waals surface area contributed by atoms with E-state index in [9.17, 15) is 4.79 Å². The largest absolute Gasteiger partial charge is 0.336 e. The van der Waals surface area contributed by atoms with Gasteiger partial charge >= 0.3 is 0 Å². The third kappa shape index (κ3) is 4.58. The SMILES string of the molecule is CC(C)N(Cc1cccc(Cl)c1)C(=O)[C@H]1CNC[C@@H]1c1cnn(C)c1.Cl. The molecule has 1 aromatic carbocycles. The predicted octanol–water partition coefficient (Wildman–Crippen LogP) is 3.24. The van der Waals surface area contributed by atoms with Crippen LogP contribution in [0.1, 0.15) is 30.9 Å². The molecule has 142 valence electrons. The van der Waals surface area contributed by atoms with Gasteiger partial charge in [0.25, 0.3) is 0 Å². The van der Waals surface area contributed by atoms with Crippen LogP contribution in [0.3, 0.4) is 0 Å². The van der Waals surface area contributed by atoms with Crippen LogP contribution in [0.5, 0.6) is 0 Å². The summed E-state index contributed by atoms with van der Waals surface area (Å²) in [5.74, 6) is 0.293. The van der Waals surface area contributed by atoms with Gasteiger partial charge in [0.05, 0.1) is 12.1 Å². The molecule has 7 heteroatoms. The average molecular weight is 397 g/mol. The van der Waals surface area contributed by atoms with Crippen LogP contribution in [0.4, 0.5) is 0 Å². The van der Waals surface area contributed by atoms with Crippen LogP contribution in [-0.4, -0.2) is 39.7 Å². The van der Waals surface area contributed by atoms with Gasteiger partial charge < -0.3 is 10.2 Å². The molecule has 2 heterocycles. The third-order valence-electron chi connectivity index (χ3n) is 4.83. The Morgan fingerprint density at radius 2 is 2.19 bits per heavy atom. The van der Waals surface area contributed by atoms with Crippen LogP contribution in [0.25, 0.3) is 0 Å². The number of halogens is 2. The summed E-state index contributed by atoms with van der Waals surface area (Å²) in [5, 5.41) is 8.33. The number of rotatable bonds is 5. The molecule has 0 bridgehead atoms. The number of benzene rings is 1. The van der Waals surface area contributed by atoms with Gasteiger partial charge in [0.2, 0.25) is 5.91 Å². The maximum absolute atomic E-state index is 13.3. The molecule has 2 aromatic rings. The van der Waals surface area contributed by atoms with E-state index >= 15 is 0 Å². The molecule has 1 amide bonds. The lowest BCUT2D eigenvalue weighted by Crippen LogP contribution is -2.42. The van der Waals surface area contributed by atoms with Crippen LogP contribution >= 0.6 is 24.0 Å². The molecule has 3 rings (SSSR count). The summed E-state index contributed by atoms with van der Waals surface area (Å²) < 4.78 is 1.79. The molecule has 1 aliphatic rings. The van der Waals surface area contributed by atoms with Crippen molar-refractivity contribution in [3.05, 3.63) is 52.8 Å². The summed E-state index contributed by atoms with van der Waals surface area (Å²) in [5.41, 5.74) is 2.18. The molecule has 0 saturated carbocycles. The van der Waals surface area contributed by atoms with E-state index in [-0.39, 0.29) is 36.2 Å². The van der Waals surface area contributed by atoms with Crippen molar-refractivity contribution in [3.8, 4) is 0 Å². The zero-order chi connectivity index (χ0) is 18.0. The second-order valence-corrected chi connectivity index (χ2v) is 7.44. The maximum Gasteiger partial charge on any atom is 0.228 e. The highest BCUT2D eigenvalue weighted by Crippen LogP contribution is 2.30. The van der Waals surface area contributed by atoms with E-state index < -0.39 is 0 Å². The van der Waals surface area contributed by atoms with E-state index in [1.165, 1.54) is 0 Å². The maximum atomic E-state index is 13.3. The fourth-order valence-electron chi connectivity index (χ4n) is 3.48. The Balaban J connectivity index is 0.00000243. The van der Waals surface area contributed by atoms with Crippen molar-refractivity contribution in [1.29, 1.82) is 0 Å². The topological polar surface area (TPSA) is 50.2 Å². The molecule has 1 N–H and O–H groups in total. The van der Waals surface area contributed by atoms with E-state index in [1.807, 2.05) is 48.6 Å². The first kappa shape index (κ1) is 20.7. The average Bonchev–Trinajstić information content (AvgIpc) is 3.20. The first-order valence-corrected chi connectivity index (χ1v) is 9.07. The van der Waals surface area contributed by atoms with E-state index in [0.29, 0.717) is 18.1 Å². The first-order chi connectivity index (χ1) is 12.0. The number of nitrogens with one attached hydrogen (secondary N) is 1. The fourth-order valence-corrected chi connectivity index (χ4v) is 3.69. The van der Waals surface area contributed by atoms with Crippen molar-refractivity contribution in [2.75, 3.05) is 13.1 Å². The Bertz CT molecular complexity index is 747. The minimum Gasteiger partial charge on any atom is -0.336 e. The number of carbonyl (C=O) groups excluding carboxylic acids is 1. The lowest BCUT2D eigenvalue weighted by Gasteiger charge is -2.31. The smallest absolute Gasteiger partial charge is 0.228 e. The first-order valence-electron chi connectivity index (χ1n) is 8.70. The number of nitrogens with zero attached hydrogens (tertiary/aromatic N) is 3. The molecule has 2 atom stereocenters. The van der Waals surface area contributed by atoms with E-state index in [1.54, 1.807) is 4.68 Å². The number of amides is 1. The number of hydrogen-bond acceptors (Lipinski definition) is 3. The molecule has 1 fully saturated rings. The predicted molar refractivity (Wildman–Crippen MR) is 107 cm³/mol. The zero-order valence-corrected chi connectivity index (χ0v) is 16.9. The Labute approximate surface area is 166 Å². The summed E-state index contributed by atoms with van der Waals surface area (Å²) >= 11 is 6.10. The number of carbonyl (C=O) groups is 1. The summed E-state index contributed by atoms with van der Waals surface area (Å²) in [4.78, 5) is 15.2. The molecule has 1 aliphatic heterocycles. The van der Waals surface area contributed by atoms with Crippen molar-refractivity contribution in [1.82, 2.24) is 20.0 Å². The molecular weight excluding hydrogens is 371 g/mol. The Hall–Kier alpha value is -1.56.